The van der Waals surface area contributed by atoms with Crippen LogP contribution >= 0.6 is 0 Å². The number of hydrogen-bond donors (Lipinski definition) is 2. The van der Waals surface area contributed by atoms with Crippen LogP contribution in [0.1, 0.15) is 56.0 Å². The van der Waals surface area contributed by atoms with E-state index in [4.69, 9.17) is 0 Å². The first-order valence-electron chi connectivity index (χ1n) is 11.5. The number of fused-ring (bicyclic) bond motifs is 1. The van der Waals surface area contributed by atoms with Crippen LogP contribution in [0.3, 0.4) is 0 Å². The van der Waals surface area contributed by atoms with E-state index in [1.165, 1.54) is 18.2 Å². The quantitative estimate of drug-likeness (QED) is 0.494. The van der Waals surface area contributed by atoms with Crippen molar-refractivity contribution in [2.75, 3.05) is 0 Å². The Morgan fingerprint density at radius 3 is 2.63 bits per heavy atom. The monoisotopic (exact) mass is 497 g/mol. The minimum Gasteiger partial charge on any atom is -0.348 e. The van der Waals surface area contributed by atoms with Gasteiger partial charge in [-0.2, -0.15) is 5.10 Å². The molecule has 0 fully saturated rings. The third-order valence-corrected chi connectivity index (χ3v) is 7.42. The van der Waals surface area contributed by atoms with Crippen LogP contribution < -0.4 is 10.0 Å². The summed E-state index contributed by atoms with van der Waals surface area (Å²) in [6, 6.07) is 11.5. The van der Waals surface area contributed by atoms with Crippen molar-refractivity contribution in [3.8, 4) is 5.69 Å². The molecule has 0 saturated heterocycles. The number of hydrogen-bond acceptors (Lipinski definition) is 5. The maximum atomic E-state index is 13.3. The Kier molecular flexibility index (Phi) is 7.02. The van der Waals surface area contributed by atoms with Crippen LogP contribution in [0.15, 0.2) is 64.6 Å². The van der Waals surface area contributed by atoms with E-state index in [0.29, 0.717) is 17.7 Å². The molecular weight excluding hydrogens is 469 g/mol. The van der Waals surface area contributed by atoms with Crippen LogP contribution in [0.25, 0.3) is 5.69 Å². The van der Waals surface area contributed by atoms with E-state index >= 15 is 0 Å². The van der Waals surface area contributed by atoms with Crippen molar-refractivity contribution in [1.82, 2.24) is 19.8 Å². The standard InChI is InChI=1S/C25H28FN5O3S/c1-4-5-9-22(29-24-20-8-6-7-10-23(20)35(33,34)30-24)25(32)28-16(2)21-15-27-31(17(21)3)19-13-11-18(26)12-14-19/h6-8,10-16,22H,4-5,9H2,1-3H3,(H,28,32)(H,29,30). The summed E-state index contributed by atoms with van der Waals surface area (Å²) in [6.07, 6.45) is 3.80. The number of unbranched alkanes of at least 4 members (excludes halogenated alkanes) is 1. The summed E-state index contributed by atoms with van der Waals surface area (Å²) in [6.45, 7) is 5.76. The predicted octanol–water partition coefficient (Wildman–Crippen LogP) is 3.79. The van der Waals surface area contributed by atoms with Crippen molar-refractivity contribution in [2.45, 2.75) is 57.0 Å². The smallest absolute Gasteiger partial charge is 0.263 e. The number of nitrogens with one attached hydrogen (secondary N) is 2. The van der Waals surface area contributed by atoms with Crippen molar-refractivity contribution >= 4 is 21.8 Å². The molecule has 1 amide bonds. The number of sulfonamides is 1. The second-order valence-corrected chi connectivity index (χ2v) is 10.2. The van der Waals surface area contributed by atoms with Gasteiger partial charge in [-0.3, -0.25) is 14.5 Å². The zero-order valence-electron chi connectivity index (χ0n) is 19.8. The largest absolute Gasteiger partial charge is 0.348 e. The van der Waals surface area contributed by atoms with Gasteiger partial charge in [0.1, 0.15) is 17.7 Å². The van der Waals surface area contributed by atoms with Gasteiger partial charge in [0, 0.05) is 16.8 Å². The number of aromatic nitrogens is 2. The lowest BCUT2D eigenvalue weighted by Gasteiger charge is -2.18. The van der Waals surface area contributed by atoms with Crippen LogP contribution in [0, 0.1) is 12.7 Å². The number of aliphatic imine (C=N–C) groups is 1. The van der Waals surface area contributed by atoms with Gasteiger partial charge in [0.05, 0.1) is 22.8 Å². The summed E-state index contributed by atoms with van der Waals surface area (Å²) in [5, 5.41) is 7.40. The summed E-state index contributed by atoms with van der Waals surface area (Å²) in [5.74, 6) is -0.438. The molecule has 184 valence electrons. The SMILES string of the molecule is CCCCC(N=C1NS(=O)(=O)c2ccccc21)C(=O)NC(C)c1cnn(-c2ccc(F)cc2)c1C. The summed E-state index contributed by atoms with van der Waals surface area (Å²) >= 11 is 0. The van der Waals surface area contributed by atoms with Crippen molar-refractivity contribution < 1.29 is 17.6 Å². The lowest BCUT2D eigenvalue weighted by atomic mass is 10.1. The fourth-order valence-electron chi connectivity index (χ4n) is 4.11. The molecule has 0 spiro atoms. The van der Waals surface area contributed by atoms with Gasteiger partial charge in [-0.25, -0.2) is 17.5 Å². The van der Waals surface area contributed by atoms with E-state index in [9.17, 15) is 17.6 Å². The predicted molar refractivity (Wildman–Crippen MR) is 131 cm³/mol. The van der Waals surface area contributed by atoms with Gasteiger partial charge in [0.25, 0.3) is 10.0 Å². The van der Waals surface area contributed by atoms with E-state index in [0.717, 1.165) is 24.1 Å². The molecule has 0 radical (unpaired) electrons. The third kappa shape index (κ3) is 5.12. The molecule has 2 aromatic carbocycles. The highest BCUT2D eigenvalue weighted by Gasteiger charge is 2.32. The first-order chi connectivity index (χ1) is 16.7. The highest BCUT2D eigenvalue weighted by molar-refractivity contribution is 7.90. The highest BCUT2D eigenvalue weighted by Crippen LogP contribution is 2.24. The zero-order chi connectivity index (χ0) is 25.2. The van der Waals surface area contributed by atoms with Crippen LogP contribution in [0.4, 0.5) is 4.39 Å². The van der Waals surface area contributed by atoms with Gasteiger partial charge < -0.3 is 5.32 Å². The van der Waals surface area contributed by atoms with Crippen molar-refractivity contribution in [3.63, 3.8) is 0 Å². The van der Waals surface area contributed by atoms with Gasteiger partial charge in [-0.05, 0) is 56.7 Å². The molecule has 2 heterocycles. The molecule has 0 aliphatic carbocycles. The van der Waals surface area contributed by atoms with Gasteiger partial charge in [0.15, 0.2) is 0 Å². The van der Waals surface area contributed by atoms with E-state index in [-0.39, 0.29) is 28.5 Å². The maximum absolute atomic E-state index is 13.3. The van der Waals surface area contributed by atoms with Crippen LogP contribution in [-0.2, 0) is 14.8 Å². The molecule has 0 saturated carbocycles. The second kappa shape index (κ2) is 9.99. The van der Waals surface area contributed by atoms with Crippen molar-refractivity contribution in [1.29, 1.82) is 0 Å². The van der Waals surface area contributed by atoms with Crippen molar-refractivity contribution in [2.24, 2.45) is 4.99 Å². The first-order valence-corrected chi connectivity index (χ1v) is 13.0. The minimum absolute atomic E-state index is 0.158. The Bertz CT molecular complexity index is 1370. The third-order valence-electron chi connectivity index (χ3n) is 6.03. The van der Waals surface area contributed by atoms with Gasteiger partial charge in [-0.1, -0.05) is 31.9 Å². The Labute approximate surface area is 204 Å². The number of benzene rings is 2. The molecule has 10 heteroatoms. The topological polar surface area (TPSA) is 105 Å². The summed E-state index contributed by atoms with van der Waals surface area (Å²) < 4.78 is 42.3. The van der Waals surface area contributed by atoms with Crippen LogP contribution in [0.5, 0.6) is 0 Å². The van der Waals surface area contributed by atoms with Gasteiger partial charge in [0.2, 0.25) is 5.91 Å². The molecular formula is C25H28FN5O3S. The highest BCUT2D eigenvalue weighted by atomic mass is 32.2. The Morgan fingerprint density at radius 1 is 1.20 bits per heavy atom. The average molecular weight is 498 g/mol. The number of halogens is 1. The van der Waals surface area contributed by atoms with E-state index in [2.05, 4.69) is 20.1 Å². The number of carbonyl (C=O) groups is 1. The zero-order valence-corrected chi connectivity index (χ0v) is 20.6. The number of amidine groups is 1. The van der Waals surface area contributed by atoms with E-state index in [1.54, 1.807) is 41.2 Å². The lowest BCUT2D eigenvalue weighted by Crippen LogP contribution is -2.37. The molecule has 35 heavy (non-hydrogen) atoms. The molecule has 4 rings (SSSR count). The van der Waals surface area contributed by atoms with E-state index < -0.39 is 16.1 Å². The number of nitrogens with zero attached hydrogens (tertiary/aromatic N) is 3. The summed E-state index contributed by atoms with van der Waals surface area (Å²) in [4.78, 5) is 18.0. The normalized spacial score (nSPS) is 17.0. The van der Waals surface area contributed by atoms with E-state index in [1.807, 2.05) is 20.8 Å². The molecule has 8 nitrogen and oxygen atoms in total. The molecule has 1 aliphatic heterocycles. The van der Waals surface area contributed by atoms with Gasteiger partial charge >= 0.3 is 0 Å². The first kappa shape index (κ1) is 24.6. The molecule has 1 aliphatic rings. The fraction of sp³-hybridized carbons (Fsp3) is 0.320. The minimum atomic E-state index is -3.69. The molecule has 2 unspecified atom stereocenters. The number of amides is 1. The molecule has 0 bridgehead atoms. The second-order valence-electron chi connectivity index (χ2n) is 8.54. The average Bonchev–Trinajstić information content (AvgIpc) is 3.34. The maximum Gasteiger partial charge on any atom is 0.263 e. The van der Waals surface area contributed by atoms with Crippen molar-refractivity contribution in [3.05, 3.63) is 77.4 Å². The molecule has 2 atom stereocenters. The number of rotatable bonds is 8. The molecule has 3 aromatic rings. The van der Waals surface area contributed by atoms with Gasteiger partial charge in [-0.15, -0.1) is 0 Å². The number of carbonyl (C=O) groups excluding carboxylic acids is 1. The van der Waals surface area contributed by atoms with Crippen LogP contribution in [-0.4, -0.2) is 36.0 Å². The Balaban J connectivity index is 1.56. The lowest BCUT2D eigenvalue weighted by molar-refractivity contribution is -0.123. The fourth-order valence-corrected chi connectivity index (χ4v) is 5.35. The molecule has 1 aromatic heterocycles. The Morgan fingerprint density at radius 2 is 1.91 bits per heavy atom. The summed E-state index contributed by atoms with van der Waals surface area (Å²) in [7, 11) is -3.69. The summed E-state index contributed by atoms with van der Waals surface area (Å²) in [5.41, 5.74) is 2.81. The van der Waals surface area contributed by atoms with Crippen LogP contribution in [0.2, 0.25) is 0 Å². The Hall–Kier alpha value is -3.53. The molecule has 2 N–H and O–H groups in total.